The van der Waals surface area contributed by atoms with Crippen molar-refractivity contribution in [3.05, 3.63) is 0 Å². The lowest BCUT2D eigenvalue weighted by atomic mass is 9.76. The standard InChI is InChI=1S/C37H72N4O/c1-11-13-15-17-19-21-23-40-34(3,4)27-31(28-35(40,5)6)38-25-26-39(33(38)42)32-29-36(7,8)41(37(9,10)30-32)24-22-20-18-16-14-12-2/h31-32H,11-30H2,1-10H3. The third-order valence-electron chi connectivity index (χ3n) is 11.3. The van der Waals surface area contributed by atoms with Gasteiger partial charge < -0.3 is 9.80 Å². The van der Waals surface area contributed by atoms with E-state index in [9.17, 15) is 4.79 Å². The summed E-state index contributed by atoms with van der Waals surface area (Å²) in [6.45, 7) is 28.2. The molecule has 42 heavy (non-hydrogen) atoms. The monoisotopic (exact) mass is 589 g/mol. The molecule has 0 N–H and O–H groups in total. The Morgan fingerprint density at radius 3 is 1.10 bits per heavy atom. The highest BCUT2D eigenvalue weighted by Crippen LogP contribution is 2.44. The molecule has 0 saturated carbocycles. The summed E-state index contributed by atoms with van der Waals surface area (Å²) in [7, 11) is 0. The molecule has 0 aromatic rings. The molecule has 5 nitrogen and oxygen atoms in total. The summed E-state index contributed by atoms with van der Waals surface area (Å²) in [4.78, 5) is 24.3. The van der Waals surface area contributed by atoms with Crippen molar-refractivity contribution in [3.8, 4) is 0 Å². The SMILES string of the molecule is CCCCCCCCN1C(C)(C)CC(N2CCN(C3CC(C)(C)N(CCCCCCCC)C(C)(C)C3)C2=O)CC1(C)C. The van der Waals surface area contributed by atoms with Gasteiger partial charge in [0.15, 0.2) is 0 Å². The fourth-order valence-electron chi connectivity index (χ4n) is 9.53. The zero-order chi connectivity index (χ0) is 31.2. The molecule has 0 unspecified atom stereocenters. The van der Waals surface area contributed by atoms with Crippen LogP contribution in [0.3, 0.4) is 0 Å². The molecule has 246 valence electrons. The maximum Gasteiger partial charge on any atom is 0.320 e. The number of rotatable bonds is 16. The van der Waals surface area contributed by atoms with E-state index in [2.05, 4.69) is 88.8 Å². The lowest BCUT2D eigenvalue weighted by molar-refractivity contribution is -0.0607. The van der Waals surface area contributed by atoms with Crippen LogP contribution in [0.2, 0.25) is 0 Å². The molecule has 0 aliphatic carbocycles. The largest absolute Gasteiger partial charge is 0.320 e. The summed E-state index contributed by atoms with van der Waals surface area (Å²) in [5, 5.41) is 0. The minimum Gasteiger partial charge on any atom is -0.320 e. The Morgan fingerprint density at radius 1 is 0.500 bits per heavy atom. The highest BCUT2D eigenvalue weighted by molar-refractivity contribution is 5.77. The molecular weight excluding hydrogens is 516 g/mol. The number of carbonyl (C=O) groups excluding carboxylic acids is 1. The van der Waals surface area contributed by atoms with E-state index in [1.54, 1.807) is 0 Å². The number of nitrogens with zero attached hydrogens (tertiary/aromatic N) is 4. The first-order chi connectivity index (χ1) is 19.7. The molecule has 0 atom stereocenters. The van der Waals surface area contributed by atoms with Crippen molar-refractivity contribution in [1.82, 2.24) is 19.6 Å². The van der Waals surface area contributed by atoms with Gasteiger partial charge in [0, 0.05) is 47.3 Å². The number of amides is 2. The van der Waals surface area contributed by atoms with E-state index in [1.165, 1.54) is 90.1 Å². The average Bonchev–Trinajstić information content (AvgIpc) is 3.26. The number of carbonyl (C=O) groups is 1. The van der Waals surface area contributed by atoms with Crippen LogP contribution in [0.1, 0.15) is 172 Å². The van der Waals surface area contributed by atoms with Gasteiger partial charge in [-0.3, -0.25) is 9.80 Å². The molecule has 5 heteroatoms. The van der Waals surface area contributed by atoms with Crippen molar-refractivity contribution < 1.29 is 4.79 Å². The summed E-state index contributed by atoms with van der Waals surface area (Å²) in [6, 6.07) is 0.987. The number of likely N-dealkylation sites (tertiary alicyclic amines) is 2. The van der Waals surface area contributed by atoms with Crippen LogP contribution in [0.15, 0.2) is 0 Å². The maximum atomic E-state index is 14.1. The fraction of sp³-hybridized carbons (Fsp3) is 0.973. The van der Waals surface area contributed by atoms with Gasteiger partial charge in [-0.2, -0.15) is 0 Å². The molecule has 3 rings (SSSR count). The Balaban J connectivity index is 1.59. The van der Waals surface area contributed by atoms with Gasteiger partial charge >= 0.3 is 6.03 Å². The fourth-order valence-corrected chi connectivity index (χ4v) is 9.53. The molecule has 3 aliphatic rings. The first kappa shape index (κ1) is 35.7. The summed E-state index contributed by atoms with van der Waals surface area (Å²) in [5.74, 6) is 0. The normalized spacial score (nSPS) is 25.0. The van der Waals surface area contributed by atoms with E-state index in [0.29, 0.717) is 18.1 Å². The predicted octanol–water partition coefficient (Wildman–Crippen LogP) is 9.49. The second-order valence-electron chi connectivity index (χ2n) is 16.9. The Hall–Kier alpha value is -0.810. The number of unbranched alkanes of at least 4 members (excludes halogenated alkanes) is 10. The van der Waals surface area contributed by atoms with Crippen molar-refractivity contribution in [2.75, 3.05) is 26.2 Å². The van der Waals surface area contributed by atoms with Gasteiger partial charge in [-0.1, -0.05) is 78.1 Å². The molecule has 0 aromatic carbocycles. The topological polar surface area (TPSA) is 30.0 Å². The molecule has 0 spiro atoms. The second-order valence-corrected chi connectivity index (χ2v) is 16.9. The number of urea groups is 1. The third kappa shape index (κ3) is 8.89. The molecule has 0 bridgehead atoms. The molecule has 0 radical (unpaired) electrons. The molecule has 3 saturated heterocycles. The smallest absolute Gasteiger partial charge is 0.320 e. The summed E-state index contributed by atoms with van der Waals surface area (Å²) >= 11 is 0. The molecular formula is C37H72N4O. The van der Waals surface area contributed by atoms with E-state index < -0.39 is 0 Å². The van der Waals surface area contributed by atoms with Crippen LogP contribution in [-0.2, 0) is 0 Å². The van der Waals surface area contributed by atoms with Gasteiger partial charge in [-0.15, -0.1) is 0 Å². The molecule has 3 heterocycles. The molecule has 0 aromatic heterocycles. The lowest BCUT2D eigenvalue weighted by Gasteiger charge is -2.57. The van der Waals surface area contributed by atoms with Gasteiger partial charge in [0.1, 0.15) is 0 Å². The van der Waals surface area contributed by atoms with Crippen LogP contribution in [0.5, 0.6) is 0 Å². The van der Waals surface area contributed by atoms with Crippen LogP contribution in [0.4, 0.5) is 4.79 Å². The number of hydrogen-bond donors (Lipinski definition) is 0. The van der Waals surface area contributed by atoms with Crippen molar-refractivity contribution in [2.24, 2.45) is 0 Å². The van der Waals surface area contributed by atoms with E-state index in [-0.39, 0.29) is 22.2 Å². The summed E-state index contributed by atoms with van der Waals surface area (Å²) < 4.78 is 0. The Kier molecular flexibility index (Phi) is 12.7. The number of piperidine rings is 2. The summed E-state index contributed by atoms with van der Waals surface area (Å²) in [5.41, 5.74) is 0.426. The van der Waals surface area contributed by atoms with Crippen molar-refractivity contribution >= 4 is 6.03 Å². The molecule has 3 fully saturated rings. The van der Waals surface area contributed by atoms with Gasteiger partial charge in [0.05, 0.1) is 0 Å². The quantitative estimate of drug-likeness (QED) is 0.168. The minimum absolute atomic E-state index is 0.107. The van der Waals surface area contributed by atoms with Gasteiger partial charge in [-0.25, -0.2) is 4.79 Å². The van der Waals surface area contributed by atoms with Gasteiger partial charge in [-0.05, 0) is 107 Å². The van der Waals surface area contributed by atoms with Gasteiger partial charge in [0.25, 0.3) is 0 Å². The highest BCUT2D eigenvalue weighted by atomic mass is 16.2. The van der Waals surface area contributed by atoms with Crippen molar-refractivity contribution in [1.29, 1.82) is 0 Å². The van der Waals surface area contributed by atoms with E-state index in [4.69, 9.17) is 0 Å². The van der Waals surface area contributed by atoms with Crippen LogP contribution in [0.25, 0.3) is 0 Å². The zero-order valence-corrected chi connectivity index (χ0v) is 30.0. The van der Waals surface area contributed by atoms with E-state index >= 15 is 0 Å². The Bertz CT molecular complexity index is 732. The Morgan fingerprint density at radius 2 is 0.786 bits per heavy atom. The van der Waals surface area contributed by atoms with Gasteiger partial charge in [0.2, 0.25) is 0 Å². The van der Waals surface area contributed by atoms with E-state index in [0.717, 1.165) is 38.8 Å². The number of hydrogen-bond acceptors (Lipinski definition) is 3. The van der Waals surface area contributed by atoms with Crippen LogP contribution in [-0.4, -0.2) is 86.0 Å². The van der Waals surface area contributed by atoms with E-state index in [1.807, 2.05) is 0 Å². The summed E-state index contributed by atoms with van der Waals surface area (Å²) in [6.07, 6.45) is 20.5. The lowest BCUT2D eigenvalue weighted by Crippen LogP contribution is -2.65. The predicted molar refractivity (Wildman–Crippen MR) is 181 cm³/mol. The molecule has 2 amide bonds. The second kappa shape index (κ2) is 15.0. The zero-order valence-electron chi connectivity index (χ0n) is 30.0. The average molecular weight is 589 g/mol. The van der Waals surface area contributed by atoms with Crippen molar-refractivity contribution in [3.63, 3.8) is 0 Å². The third-order valence-corrected chi connectivity index (χ3v) is 11.3. The first-order valence-corrected chi connectivity index (χ1v) is 18.3. The highest BCUT2D eigenvalue weighted by Gasteiger charge is 2.52. The Labute approximate surface area is 262 Å². The van der Waals surface area contributed by atoms with Crippen LogP contribution < -0.4 is 0 Å². The van der Waals surface area contributed by atoms with Crippen LogP contribution >= 0.6 is 0 Å². The first-order valence-electron chi connectivity index (χ1n) is 18.3. The minimum atomic E-state index is 0.107. The maximum absolute atomic E-state index is 14.1. The molecule has 3 aliphatic heterocycles. The van der Waals surface area contributed by atoms with Crippen LogP contribution in [0, 0.1) is 0 Å². The van der Waals surface area contributed by atoms with Crippen molar-refractivity contribution in [2.45, 2.75) is 206 Å².